The number of carbonyl (C=O) groups excluding carboxylic acids is 1. The molecule has 1 aromatic rings. The Balaban J connectivity index is 2.74. The Morgan fingerprint density at radius 2 is 2.13 bits per heavy atom. The van der Waals surface area contributed by atoms with Crippen molar-refractivity contribution in [3.05, 3.63) is 34.9 Å². The molecule has 0 heterocycles. The molecule has 2 N–H and O–H groups in total. The van der Waals surface area contributed by atoms with Crippen LogP contribution < -0.4 is 5.73 Å². The van der Waals surface area contributed by atoms with Crippen molar-refractivity contribution in [1.29, 1.82) is 0 Å². The number of halogens is 1. The first-order valence-corrected chi connectivity index (χ1v) is 4.84. The van der Waals surface area contributed by atoms with Gasteiger partial charge in [0.25, 0.3) is 0 Å². The fourth-order valence-corrected chi connectivity index (χ4v) is 1.76. The first-order valence-electron chi connectivity index (χ1n) is 7.47. The van der Waals surface area contributed by atoms with Gasteiger partial charge in [-0.05, 0) is 24.4 Å². The Kier molecular flexibility index (Phi) is 1.44. The molecule has 1 fully saturated rings. The van der Waals surface area contributed by atoms with Gasteiger partial charge < -0.3 is 5.73 Å². The largest absolute Gasteiger partial charge is 0.315 e. The van der Waals surface area contributed by atoms with E-state index in [0.29, 0.717) is 0 Å². The lowest BCUT2D eigenvalue weighted by Gasteiger charge is -2.32. The van der Waals surface area contributed by atoms with Crippen molar-refractivity contribution in [2.24, 2.45) is 5.73 Å². The van der Waals surface area contributed by atoms with Gasteiger partial charge in [0.1, 0.15) is 5.54 Å². The first kappa shape index (κ1) is 5.46. The predicted octanol–water partition coefficient (Wildman–Crippen LogP) is 2.64. The minimum absolute atomic E-state index is 0.0375. The van der Waals surface area contributed by atoms with Crippen LogP contribution in [0.3, 0.4) is 0 Å². The highest BCUT2D eigenvalue weighted by Crippen LogP contribution is 2.35. The normalized spacial score (nSPS) is 42.7. The summed E-state index contributed by atoms with van der Waals surface area (Å²) in [6.45, 7) is 0. The molecule has 0 aromatic heterocycles. The molecule has 0 aliphatic heterocycles. The lowest BCUT2D eigenvalue weighted by atomic mass is 9.76. The van der Waals surface area contributed by atoms with Crippen molar-refractivity contribution in [3.63, 3.8) is 0 Å². The molecule has 1 aliphatic rings. The average Bonchev–Trinajstić information content (AvgIpc) is 2.35. The quantitative estimate of drug-likeness (QED) is 0.805. The molecule has 2 nitrogen and oxygen atoms in total. The summed E-state index contributed by atoms with van der Waals surface area (Å²) >= 11 is 5.99. The minimum atomic E-state index is -2.97. The minimum Gasteiger partial charge on any atom is -0.315 e. The summed E-state index contributed by atoms with van der Waals surface area (Å²) in [6.07, 6.45) is -9.40. The van der Waals surface area contributed by atoms with E-state index in [0.717, 1.165) is 0 Å². The lowest BCUT2D eigenvalue weighted by molar-refractivity contribution is -0.126. The van der Waals surface area contributed by atoms with E-state index in [1.165, 1.54) is 18.2 Å². The second-order valence-corrected chi connectivity index (χ2v) is 3.72. The Labute approximate surface area is 103 Å². The molecule has 1 saturated carbocycles. The van der Waals surface area contributed by atoms with Crippen LogP contribution in [0.15, 0.2) is 24.3 Å². The smallest absolute Gasteiger partial charge is 0.157 e. The SMILES string of the molecule is [2H]C1([2H])CC(=O)[C@](N)(c2ccccc2Cl)C([2H])([2H])C1([2H])[2H]. The highest BCUT2D eigenvalue weighted by molar-refractivity contribution is 6.31. The highest BCUT2D eigenvalue weighted by Gasteiger charge is 2.38. The molecular weight excluding hydrogens is 210 g/mol. The molecular formula is C12H14ClNO. The maximum absolute atomic E-state index is 12.4. The fraction of sp³-hybridized carbons (Fsp3) is 0.417. The second kappa shape index (κ2) is 3.95. The van der Waals surface area contributed by atoms with Crippen molar-refractivity contribution >= 4 is 17.4 Å². The van der Waals surface area contributed by atoms with Crippen LogP contribution in [0, 0.1) is 0 Å². The molecule has 0 radical (unpaired) electrons. The summed E-state index contributed by atoms with van der Waals surface area (Å²) in [5.74, 6) is -0.916. The molecule has 0 saturated heterocycles. The van der Waals surface area contributed by atoms with E-state index >= 15 is 0 Å². The maximum atomic E-state index is 12.4. The third-order valence-electron chi connectivity index (χ3n) is 2.34. The molecule has 0 amide bonds. The Bertz CT molecular complexity index is 605. The van der Waals surface area contributed by atoms with Crippen LogP contribution in [-0.2, 0) is 10.3 Å². The second-order valence-electron chi connectivity index (χ2n) is 3.31. The van der Waals surface area contributed by atoms with Gasteiger partial charge in [-0.15, -0.1) is 0 Å². The van der Waals surface area contributed by atoms with Gasteiger partial charge in [0, 0.05) is 19.7 Å². The fourth-order valence-electron chi connectivity index (χ4n) is 1.47. The summed E-state index contributed by atoms with van der Waals surface area (Å²) in [5.41, 5.74) is 3.60. The van der Waals surface area contributed by atoms with E-state index in [4.69, 9.17) is 25.6 Å². The molecule has 3 heteroatoms. The Morgan fingerprint density at radius 3 is 2.87 bits per heavy atom. The summed E-state index contributed by atoms with van der Waals surface area (Å²) in [7, 11) is 0. The van der Waals surface area contributed by atoms with Crippen LogP contribution in [0.2, 0.25) is 5.02 Å². The molecule has 2 rings (SSSR count). The highest BCUT2D eigenvalue weighted by atomic mass is 35.5. The number of benzene rings is 1. The molecule has 0 bridgehead atoms. The predicted molar refractivity (Wildman–Crippen MR) is 60.8 cm³/mol. The van der Waals surface area contributed by atoms with Crippen LogP contribution in [0.1, 0.15) is 39.3 Å². The van der Waals surface area contributed by atoms with E-state index in [9.17, 15) is 4.79 Å². The number of nitrogens with two attached hydrogens (primary N) is 1. The van der Waals surface area contributed by atoms with Crippen molar-refractivity contribution in [2.45, 2.75) is 31.1 Å². The van der Waals surface area contributed by atoms with Crippen LogP contribution in [-0.4, -0.2) is 5.78 Å². The lowest BCUT2D eigenvalue weighted by Crippen LogP contribution is -2.47. The van der Waals surface area contributed by atoms with Gasteiger partial charge >= 0.3 is 0 Å². The average molecular weight is 230 g/mol. The Morgan fingerprint density at radius 1 is 1.40 bits per heavy atom. The molecule has 15 heavy (non-hydrogen) atoms. The number of ketones is 1. The van der Waals surface area contributed by atoms with Crippen LogP contribution >= 0.6 is 11.6 Å². The van der Waals surface area contributed by atoms with Gasteiger partial charge in [-0.3, -0.25) is 4.79 Å². The van der Waals surface area contributed by atoms with Gasteiger partial charge in [-0.25, -0.2) is 0 Å². The molecule has 0 unspecified atom stereocenters. The molecule has 1 aromatic carbocycles. The summed E-state index contributed by atoms with van der Waals surface area (Å²) in [6, 6.07) is 5.87. The Hall–Kier alpha value is -0.860. The van der Waals surface area contributed by atoms with E-state index < -0.39 is 36.9 Å². The van der Waals surface area contributed by atoms with E-state index in [1.54, 1.807) is 6.07 Å². The van der Waals surface area contributed by atoms with Gasteiger partial charge in [-0.2, -0.15) is 0 Å². The zero-order chi connectivity index (χ0) is 16.3. The topological polar surface area (TPSA) is 43.1 Å². The zero-order valence-corrected chi connectivity index (χ0v) is 8.64. The standard InChI is InChI=1S/C12H14ClNO/c13-10-6-2-1-5-9(10)12(14)8-4-3-7-11(12)15/h1-2,5-6H,3-4,7-8,14H2/t12-/m1/s1/i3D2,4D2,8D2. The van der Waals surface area contributed by atoms with Crippen molar-refractivity contribution in [2.75, 3.05) is 0 Å². The van der Waals surface area contributed by atoms with E-state index in [-0.39, 0.29) is 10.6 Å². The molecule has 1 aliphatic carbocycles. The third-order valence-corrected chi connectivity index (χ3v) is 2.67. The van der Waals surface area contributed by atoms with Crippen LogP contribution in [0.5, 0.6) is 0 Å². The van der Waals surface area contributed by atoms with Gasteiger partial charge in [0.15, 0.2) is 5.78 Å². The number of Topliss-reactive ketones (excluding diaryl/α,β-unsaturated/α-hetero) is 1. The van der Waals surface area contributed by atoms with Crippen LogP contribution in [0.25, 0.3) is 0 Å². The van der Waals surface area contributed by atoms with E-state index in [2.05, 4.69) is 0 Å². The molecule has 0 spiro atoms. The van der Waals surface area contributed by atoms with Gasteiger partial charge in [0.2, 0.25) is 0 Å². The summed E-state index contributed by atoms with van der Waals surface area (Å²) in [5, 5.41) is 0.0375. The number of carbonyl (C=O) groups is 1. The first-order chi connectivity index (χ1) is 9.39. The van der Waals surface area contributed by atoms with Gasteiger partial charge in [0.05, 0.1) is 0 Å². The van der Waals surface area contributed by atoms with Crippen LogP contribution in [0.4, 0.5) is 0 Å². The van der Waals surface area contributed by atoms with Crippen molar-refractivity contribution in [1.82, 2.24) is 0 Å². The maximum Gasteiger partial charge on any atom is 0.157 e. The van der Waals surface area contributed by atoms with Crippen molar-refractivity contribution in [3.8, 4) is 0 Å². The number of hydrogen-bond acceptors (Lipinski definition) is 2. The molecule has 80 valence electrons. The van der Waals surface area contributed by atoms with E-state index in [1.807, 2.05) is 0 Å². The zero-order valence-electron chi connectivity index (χ0n) is 13.9. The van der Waals surface area contributed by atoms with Gasteiger partial charge in [-0.1, -0.05) is 36.2 Å². The summed E-state index contributed by atoms with van der Waals surface area (Å²) < 4.78 is 47.1. The summed E-state index contributed by atoms with van der Waals surface area (Å²) in [4.78, 5) is 12.4. The number of hydrogen-bond donors (Lipinski definition) is 1. The third kappa shape index (κ3) is 1.80. The molecule has 1 atom stereocenters. The van der Waals surface area contributed by atoms with Crippen molar-refractivity contribution < 1.29 is 13.0 Å². The number of rotatable bonds is 1. The monoisotopic (exact) mass is 229 g/mol.